The summed E-state index contributed by atoms with van der Waals surface area (Å²) in [5.41, 5.74) is 4.13. The lowest BCUT2D eigenvalue weighted by Crippen LogP contribution is -2.26. The van der Waals surface area contributed by atoms with Crippen LogP contribution in [0.2, 0.25) is 5.02 Å². The van der Waals surface area contributed by atoms with Crippen LogP contribution < -0.4 is 0 Å². The second kappa shape index (κ2) is 11.2. The van der Waals surface area contributed by atoms with E-state index in [9.17, 15) is 9.60 Å². The highest BCUT2D eigenvalue weighted by Crippen LogP contribution is 2.30. The monoisotopic (exact) mass is 472 g/mol. The molecule has 0 spiro atoms. The minimum absolute atomic E-state index is 0.0521. The van der Waals surface area contributed by atoms with Crippen molar-refractivity contribution in [1.82, 2.24) is 9.88 Å². The first-order chi connectivity index (χ1) is 16.0. The van der Waals surface area contributed by atoms with E-state index in [0.717, 1.165) is 61.0 Å². The molecule has 0 amide bonds. The Bertz CT molecular complexity index is 1040. The molecule has 0 radical (unpaired) electrons. The minimum atomic E-state index is -0.469. The molecular formula is C25H30ClFN4O2. The van der Waals surface area contributed by atoms with Gasteiger partial charge in [-0.15, -0.1) is 0 Å². The predicted molar refractivity (Wildman–Crippen MR) is 129 cm³/mol. The van der Waals surface area contributed by atoms with E-state index >= 15 is 0 Å². The van der Waals surface area contributed by atoms with Crippen LogP contribution in [0, 0.1) is 11.7 Å². The van der Waals surface area contributed by atoms with Gasteiger partial charge in [-0.2, -0.15) is 0 Å². The average Bonchev–Trinajstić information content (AvgIpc) is 3.26. The standard InChI is InChI=1S/C25H30ClFN4O2/c1-31(10-5-17-7-12-33-13-8-17)11-6-19-16-21-20(4-9-28-25(21)29-19)24(30-32)15-18-2-3-23(27)22(26)14-18/h2-4,9,14,17,32H,5-8,10-13,15-16H2,1H3/b30-24+. The SMILES string of the molecule is CN(CCC1=Nc2nccc(/C(Cc3ccc(F)c(Cl)c3)=N/O)c2C1)CCC1CCOCC1. The van der Waals surface area contributed by atoms with Crippen LogP contribution >= 0.6 is 11.6 Å². The van der Waals surface area contributed by atoms with Crippen molar-refractivity contribution >= 4 is 28.8 Å². The van der Waals surface area contributed by atoms with Crippen molar-refractivity contribution < 1.29 is 14.3 Å². The fourth-order valence-electron chi connectivity index (χ4n) is 4.46. The molecule has 176 valence electrons. The summed E-state index contributed by atoms with van der Waals surface area (Å²) in [6.07, 6.45) is 7.13. The molecule has 2 aromatic rings. The Morgan fingerprint density at radius 1 is 1.27 bits per heavy atom. The summed E-state index contributed by atoms with van der Waals surface area (Å²) < 4.78 is 18.9. The maximum absolute atomic E-state index is 13.5. The molecule has 0 unspecified atom stereocenters. The highest BCUT2D eigenvalue weighted by Gasteiger charge is 2.23. The molecule has 2 aliphatic heterocycles. The van der Waals surface area contributed by atoms with Crippen molar-refractivity contribution in [3.05, 3.63) is 58.0 Å². The first kappa shape index (κ1) is 23.8. The van der Waals surface area contributed by atoms with Crippen LogP contribution in [0.1, 0.15) is 42.4 Å². The van der Waals surface area contributed by atoms with Gasteiger partial charge in [-0.05, 0) is 69.0 Å². The second-order valence-electron chi connectivity index (χ2n) is 8.89. The third kappa shape index (κ3) is 6.16. The Labute approximate surface area is 199 Å². The molecule has 0 bridgehead atoms. The molecule has 2 aliphatic rings. The van der Waals surface area contributed by atoms with E-state index in [4.69, 9.17) is 21.3 Å². The van der Waals surface area contributed by atoms with E-state index in [1.165, 1.54) is 25.3 Å². The van der Waals surface area contributed by atoms with Gasteiger partial charge in [-0.1, -0.05) is 22.8 Å². The van der Waals surface area contributed by atoms with E-state index in [1.54, 1.807) is 18.3 Å². The van der Waals surface area contributed by atoms with Gasteiger partial charge in [-0.3, -0.25) is 0 Å². The van der Waals surface area contributed by atoms with E-state index in [1.807, 2.05) is 6.07 Å². The van der Waals surface area contributed by atoms with Gasteiger partial charge in [0.05, 0.1) is 10.7 Å². The summed E-state index contributed by atoms with van der Waals surface area (Å²) in [4.78, 5) is 11.5. The highest BCUT2D eigenvalue weighted by molar-refractivity contribution is 6.30. The molecule has 6 nitrogen and oxygen atoms in total. The molecule has 33 heavy (non-hydrogen) atoms. The van der Waals surface area contributed by atoms with Crippen molar-refractivity contribution in [1.29, 1.82) is 0 Å². The maximum Gasteiger partial charge on any atom is 0.155 e. The minimum Gasteiger partial charge on any atom is -0.411 e. The molecular weight excluding hydrogens is 443 g/mol. The number of aromatic nitrogens is 1. The van der Waals surface area contributed by atoms with Crippen LogP contribution in [0.15, 0.2) is 40.6 Å². The van der Waals surface area contributed by atoms with Crippen molar-refractivity contribution in [2.45, 2.75) is 38.5 Å². The van der Waals surface area contributed by atoms with E-state index in [2.05, 4.69) is 22.1 Å². The van der Waals surface area contributed by atoms with Crippen LogP contribution in [0.5, 0.6) is 0 Å². The number of fused-ring (bicyclic) bond motifs is 1. The number of halogens is 2. The van der Waals surface area contributed by atoms with Gasteiger partial charge in [-0.25, -0.2) is 14.4 Å². The summed E-state index contributed by atoms with van der Waals surface area (Å²) in [5.74, 6) is 0.988. The van der Waals surface area contributed by atoms with E-state index < -0.39 is 5.82 Å². The molecule has 3 heterocycles. The van der Waals surface area contributed by atoms with Gasteiger partial charge in [0.2, 0.25) is 0 Å². The Kier molecular flexibility index (Phi) is 8.06. The lowest BCUT2D eigenvalue weighted by Gasteiger charge is -2.24. The van der Waals surface area contributed by atoms with Crippen LogP contribution in [-0.4, -0.2) is 59.9 Å². The first-order valence-corrected chi connectivity index (χ1v) is 11.9. The van der Waals surface area contributed by atoms with Crippen LogP contribution in [0.25, 0.3) is 0 Å². The topological polar surface area (TPSA) is 70.3 Å². The fourth-order valence-corrected chi connectivity index (χ4v) is 4.66. The zero-order valence-corrected chi connectivity index (χ0v) is 19.7. The summed E-state index contributed by atoms with van der Waals surface area (Å²) in [5, 5.41) is 13.3. The molecule has 4 rings (SSSR count). The lowest BCUT2D eigenvalue weighted by molar-refractivity contribution is 0.0611. The molecule has 0 aliphatic carbocycles. The number of nitrogens with zero attached hydrogens (tertiary/aromatic N) is 4. The maximum atomic E-state index is 13.5. The number of hydrogen-bond donors (Lipinski definition) is 1. The zero-order valence-electron chi connectivity index (χ0n) is 18.9. The summed E-state index contributed by atoms with van der Waals surface area (Å²) in [7, 11) is 2.16. The number of oxime groups is 1. The third-order valence-corrected chi connectivity index (χ3v) is 6.80. The van der Waals surface area contributed by atoms with E-state index in [0.29, 0.717) is 24.4 Å². The van der Waals surface area contributed by atoms with Gasteiger partial charge in [0.25, 0.3) is 0 Å². The van der Waals surface area contributed by atoms with Gasteiger partial charge >= 0.3 is 0 Å². The van der Waals surface area contributed by atoms with Crippen molar-refractivity contribution in [2.24, 2.45) is 16.1 Å². The molecule has 0 atom stereocenters. The Balaban J connectivity index is 1.35. The first-order valence-electron chi connectivity index (χ1n) is 11.5. The summed E-state index contributed by atoms with van der Waals surface area (Å²) in [6, 6.07) is 6.37. The van der Waals surface area contributed by atoms with Gasteiger partial charge in [0.15, 0.2) is 5.82 Å². The predicted octanol–water partition coefficient (Wildman–Crippen LogP) is 5.06. The van der Waals surface area contributed by atoms with Crippen LogP contribution in [0.4, 0.5) is 10.2 Å². The molecule has 0 saturated carbocycles. The average molecular weight is 473 g/mol. The number of rotatable bonds is 9. The molecule has 1 aromatic carbocycles. The van der Waals surface area contributed by atoms with E-state index in [-0.39, 0.29) is 5.02 Å². The molecule has 1 N–H and O–H groups in total. The van der Waals surface area contributed by atoms with Gasteiger partial charge in [0, 0.05) is 55.6 Å². The normalized spacial score (nSPS) is 16.8. The molecule has 1 aromatic heterocycles. The number of hydrogen-bond acceptors (Lipinski definition) is 6. The lowest BCUT2D eigenvalue weighted by atomic mass is 9.96. The highest BCUT2D eigenvalue weighted by atomic mass is 35.5. The fraction of sp³-hybridized carbons (Fsp3) is 0.480. The van der Waals surface area contributed by atoms with Crippen molar-refractivity contribution in [2.75, 3.05) is 33.4 Å². The number of ether oxygens (including phenoxy) is 1. The van der Waals surface area contributed by atoms with Crippen LogP contribution in [0.3, 0.4) is 0 Å². The largest absolute Gasteiger partial charge is 0.411 e. The number of benzene rings is 1. The summed E-state index contributed by atoms with van der Waals surface area (Å²) in [6.45, 7) is 3.81. The Morgan fingerprint density at radius 3 is 2.85 bits per heavy atom. The Hall–Kier alpha value is -2.35. The second-order valence-corrected chi connectivity index (χ2v) is 9.29. The molecule has 8 heteroatoms. The number of aliphatic imine (C=N–C) groups is 1. The molecule has 1 fully saturated rings. The van der Waals surface area contributed by atoms with Crippen molar-refractivity contribution in [3.63, 3.8) is 0 Å². The summed E-state index contributed by atoms with van der Waals surface area (Å²) >= 11 is 5.91. The third-order valence-electron chi connectivity index (χ3n) is 6.51. The van der Waals surface area contributed by atoms with Gasteiger partial charge in [0.1, 0.15) is 5.82 Å². The van der Waals surface area contributed by atoms with Crippen molar-refractivity contribution in [3.8, 4) is 0 Å². The zero-order chi connectivity index (χ0) is 23.2. The van der Waals surface area contributed by atoms with Gasteiger partial charge < -0.3 is 14.8 Å². The number of pyridine rings is 1. The Morgan fingerprint density at radius 2 is 2.09 bits per heavy atom. The quantitative estimate of drug-likeness (QED) is 0.314. The molecule has 1 saturated heterocycles. The van der Waals surface area contributed by atoms with Crippen LogP contribution in [-0.2, 0) is 17.6 Å². The smallest absolute Gasteiger partial charge is 0.155 e.